The molecule has 1 rings (SSSR count). The van der Waals surface area contributed by atoms with Crippen molar-refractivity contribution in [3.8, 4) is 5.75 Å². The molecule has 4 nitrogen and oxygen atoms in total. The molecule has 0 amide bonds. The third-order valence-electron chi connectivity index (χ3n) is 2.40. The standard InChI is InChI=1S/C12H19FN2O2/c1-3-8(16)7-15-11-6-12(17-4-2)9(13)5-10(11)14/h5-6,8,15-16H,3-4,7,14H2,1-2H3. The Morgan fingerprint density at radius 1 is 1.47 bits per heavy atom. The highest BCUT2D eigenvalue weighted by atomic mass is 19.1. The maximum atomic E-state index is 13.4. The fourth-order valence-corrected chi connectivity index (χ4v) is 1.36. The molecule has 0 radical (unpaired) electrons. The zero-order chi connectivity index (χ0) is 12.8. The minimum absolute atomic E-state index is 0.162. The molecule has 5 heteroatoms. The summed E-state index contributed by atoms with van der Waals surface area (Å²) in [6.07, 6.45) is 0.196. The average molecular weight is 242 g/mol. The van der Waals surface area contributed by atoms with Crippen molar-refractivity contribution in [1.29, 1.82) is 0 Å². The monoisotopic (exact) mass is 242 g/mol. The molecule has 4 N–H and O–H groups in total. The van der Waals surface area contributed by atoms with Crippen LogP contribution < -0.4 is 15.8 Å². The lowest BCUT2D eigenvalue weighted by Gasteiger charge is -2.14. The van der Waals surface area contributed by atoms with Crippen molar-refractivity contribution in [3.63, 3.8) is 0 Å². The van der Waals surface area contributed by atoms with E-state index in [4.69, 9.17) is 10.5 Å². The summed E-state index contributed by atoms with van der Waals surface area (Å²) in [5.74, 6) is -0.318. The van der Waals surface area contributed by atoms with E-state index in [9.17, 15) is 9.50 Å². The molecule has 0 fully saturated rings. The summed E-state index contributed by atoms with van der Waals surface area (Å²) in [5, 5.41) is 12.4. The first-order valence-electron chi connectivity index (χ1n) is 5.72. The summed E-state index contributed by atoms with van der Waals surface area (Å²) in [4.78, 5) is 0. The number of nitrogen functional groups attached to an aromatic ring is 1. The number of aliphatic hydroxyl groups is 1. The number of ether oxygens (including phenoxy) is 1. The van der Waals surface area contributed by atoms with Crippen molar-refractivity contribution in [2.75, 3.05) is 24.2 Å². The minimum Gasteiger partial charge on any atom is -0.491 e. The summed E-state index contributed by atoms with van der Waals surface area (Å²) in [7, 11) is 0. The number of hydrogen-bond acceptors (Lipinski definition) is 4. The van der Waals surface area contributed by atoms with Crippen LogP contribution in [0, 0.1) is 5.82 Å². The van der Waals surface area contributed by atoms with Gasteiger partial charge < -0.3 is 20.9 Å². The highest BCUT2D eigenvalue weighted by Gasteiger charge is 2.09. The second-order valence-electron chi connectivity index (χ2n) is 3.75. The van der Waals surface area contributed by atoms with Crippen molar-refractivity contribution >= 4 is 11.4 Å². The van der Waals surface area contributed by atoms with Crippen LogP contribution in [0.4, 0.5) is 15.8 Å². The van der Waals surface area contributed by atoms with Gasteiger partial charge in [-0.05, 0) is 13.3 Å². The number of benzene rings is 1. The molecule has 1 aromatic carbocycles. The third kappa shape index (κ3) is 3.78. The van der Waals surface area contributed by atoms with Gasteiger partial charge in [-0.1, -0.05) is 6.92 Å². The number of aliphatic hydroxyl groups excluding tert-OH is 1. The van der Waals surface area contributed by atoms with E-state index in [-0.39, 0.29) is 5.75 Å². The number of nitrogens with one attached hydrogen (secondary N) is 1. The predicted octanol–water partition coefficient (Wildman–Crippen LogP) is 1.99. The van der Waals surface area contributed by atoms with Crippen molar-refractivity contribution < 1.29 is 14.2 Å². The van der Waals surface area contributed by atoms with Gasteiger partial charge in [0.15, 0.2) is 11.6 Å². The highest BCUT2D eigenvalue weighted by Crippen LogP contribution is 2.28. The Hall–Kier alpha value is -1.49. The lowest BCUT2D eigenvalue weighted by molar-refractivity contribution is 0.183. The Morgan fingerprint density at radius 2 is 2.18 bits per heavy atom. The van der Waals surface area contributed by atoms with E-state index < -0.39 is 11.9 Å². The van der Waals surface area contributed by atoms with Gasteiger partial charge in [0, 0.05) is 18.7 Å². The molecule has 0 saturated heterocycles. The Balaban J connectivity index is 2.80. The second kappa shape index (κ2) is 6.30. The van der Waals surface area contributed by atoms with Gasteiger partial charge in [0.1, 0.15) is 0 Å². The van der Waals surface area contributed by atoms with Gasteiger partial charge in [0.2, 0.25) is 0 Å². The molecule has 0 aliphatic rings. The smallest absolute Gasteiger partial charge is 0.167 e. The molecule has 1 aromatic rings. The van der Waals surface area contributed by atoms with Gasteiger partial charge in [0.25, 0.3) is 0 Å². The van der Waals surface area contributed by atoms with Gasteiger partial charge in [-0.15, -0.1) is 0 Å². The Bertz CT molecular complexity index is 372. The molecule has 0 aliphatic carbocycles. The molecular formula is C12H19FN2O2. The molecule has 0 saturated carbocycles. The van der Waals surface area contributed by atoms with Crippen LogP contribution in [0.2, 0.25) is 0 Å². The molecule has 1 atom stereocenters. The van der Waals surface area contributed by atoms with Crippen LogP contribution in [0.1, 0.15) is 20.3 Å². The fraction of sp³-hybridized carbons (Fsp3) is 0.500. The number of nitrogens with two attached hydrogens (primary N) is 1. The van der Waals surface area contributed by atoms with Gasteiger partial charge in [-0.3, -0.25) is 0 Å². The van der Waals surface area contributed by atoms with E-state index in [1.54, 1.807) is 6.92 Å². The summed E-state index contributed by atoms with van der Waals surface area (Å²) < 4.78 is 18.5. The molecule has 0 aliphatic heterocycles. The van der Waals surface area contributed by atoms with Gasteiger partial charge >= 0.3 is 0 Å². The number of hydrogen-bond donors (Lipinski definition) is 3. The summed E-state index contributed by atoms with van der Waals surface area (Å²) >= 11 is 0. The lowest BCUT2D eigenvalue weighted by atomic mass is 10.2. The molecule has 0 bridgehead atoms. The minimum atomic E-state index is -0.481. The first-order valence-corrected chi connectivity index (χ1v) is 5.72. The van der Waals surface area contributed by atoms with Crippen LogP contribution in [0.15, 0.2) is 12.1 Å². The van der Waals surface area contributed by atoms with Gasteiger partial charge in [-0.25, -0.2) is 4.39 Å². The first kappa shape index (κ1) is 13.6. The summed E-state index contributed by atoms with van der Waals surface area (Å²) in [6.45, 7) is 4.42. The first-order chi connectivity index (χ1) is 8.08. The molecule has 0 aromatic heterocycles. The lowest BCUT2D eigenvalue weighted by Crippen LogP contribution is -2.19. The van der Waals surface area contributed by atoms with Gasteiger partial charge in [-0.2, -0.15) is 0 Å². The van der Waals surface area contributed by atoms with Crippen LogP contribution in [-0.4, -0.2) is 24.4 Å². The molecule has 1 unspecified atom stereocenters. The van der Waals surface area contributed by atoms with E-state index >= 15 is 0 Å². The van der Waals surface area contributed by atoms with Crippen molar-refractivity contribution in [1.82, 2.24) is 0 Å². The predicted molar refractivity (Wildman–Crippen MR) is 66.8 cm³/mol. The fourth-order valence-electron chi connectivity index (χ4n) is 1.36. The molecular weight excluding hydrogens is 223 g/mol. The van der Waals surface area contributed by atoms with Gasteiger partial charge in [0.05, 0.1) is 24.1 Å². The van der Waals surface area contributed by atoms with E-state index in [0.29, 0.717) is 30.9 Å². The number of rotatable bonds is 6. The quantitative estimate of drug-likeness (QED) is 0.667. The average Bonchev–Trinajstić information content (AvgIpc) is 2.30. The Kier molecular flexibility index (Phi) is 5.03. The third-order valence-corrected chi connectivity index (χ3v) is 2.40. The van der Waals surface area contributed by atoms with Crippen LogP contribution in [0.25, 0.3) is 0 Å². The summed E-state index contributed by atoms with van der Waals surface area (Å²) in [6, 6.07) is 2.72. The molecule has 0 heterocycles. The molecule has 96 valence electrons. The van der Waals surface area contributed by atoms with Crippen LogP contribution in [-0.2, 0) is 0 Å². The maximum absolute atomic E-state index is 13.4. The van der Waals surface area contributed by atoms with Crippen LogP contribution in [0.3, 0.4) is 0 Å². The molecule has 17 heavy (non-hydrogen) atoms. The second-order valence-corrected chi connectivity index (χ2v) is 3.75. The topological polar surface area (TPSA) is 67.5 Å². The summed E-state index contributed by atoms with van der Waals surface area (Å²) in [5.41, 5.74) is 6.55. The van der Waals surface area contributed by atoms with Crippen LogP contribution >= 0.6 is 0 Å². The van der Waals surface area contributed by atoms with Crippen molar-refractivity contribution in [2.45, 2.75) is 26.4 Å². The zero-order valence-corrected chi connectivity index (χ0v) is 10.2. The maximum Gasteiger partial charge on any atom is 0.167 e. The SMILES string of the molecule is CCOc1cc(NCC(O)CC)c(N)cc1F. The van der Waals surface area contributed by atoms with E-state index in [1.165, 1.54) is 12.1 Å². The van der Waals surface area contributed by atoms with E-state index in [2.05, 4.69) is 5.32 Å². The van der Waals surface area contributed by atoms with E-state index in [0.717, 1.165) is 0 Å². The largest absolute Gasteiger partial charge is 0.491 e. The highest BCUT2D eigenvalue weighted by molar-refractivity contribution is 5.68. The van der Waals surface area contributed by atoms with Crippen molar-refractivity contribution in [2.24, 2.45) is 0 Å². The van der Waals surface area contributed by atoms with Crippen molar-refractivity contribution in [3.05, 3.63) is 17.9 Å². The zero-order valence-electron chi connectivity index (χ0n) is 10.2. The van der Waals surface area contributed by atoms with Crippen LogP contribution in [0.5, 0.6) is 5.75 Å². The Morgan fingerprint density at radius 3 is 2.76 bits per heavy atom. The number of anilines is 2. The Labute approximate surface area is 101 Å². The normalized spacial score (nSPS) is 12.2. The molecule has 0 spiro atoms. The number of halogens is 1. The van der Waals surface area contributed by atoms with E-state index in [1.807, 2.05) is 6.92 Å².